The van der Waals surface area contributed by atoms with Gasteiger partial charge in [-0.2, -0.15) is 0 Å². The largest absolute Gasteiger partial charge is 0.489 e. The first-order chi connectivity index (χ1) is 15.5. The molecule has 0 unspecified atom stereocenters. The average molecular weight is 548 g/mol. The Morgan fingerprint density at radius 3 is 2.24 bits per heavy atom. The van der Waals surface area contributed by atoms with Crippen molar-refractivity contribution < 1.29 is 17.9 Å². The summed E-state index contributed by atoms with van der Waals surface area (Å²) in [6, 6.07) is 11.4. The van der Waals surface area contributed by atoms with Crippen LogP contribution in [0.4, 0.5) is 0 Å². The fraction of sp³-hybridized carbons (Fsp3) is 0.375. The van der Waals surface area contributed by atoms with Gasteiger partial charge in [-0.05, 0) is 35.4 Å². The fourth-order valence-electron chi connectivity index (χ4n) is 3.35. The Bertz CT molecular complexity index is 1150. The van der Waals surface area contributed by atoms with E-state index < -0.39 is 10.0 Å². The van der Waals surface area contributed by atoms with Crippen molar-refractivity contribution >= 4 is 51.0 Å². The van der Waals surface area contributed by atoms with E-state index in [4.69, 9.17) is 44.3 Å². The molecule has 0 radical (unpaired) electrons. The second-order valence-electron chi connectivity index (χ2n) is 8.11. The van der Waals surface area contributed by atoms with Crippen molar-refractivity contribution in [2.75, 3.05) is 31.9 Å². The molecule has 0 spiro atoms. The van der Waals surface area contributed by atoms with Crippen molar-refractivity contribution in [3.05, 3.63) is 68.8 Å². The van der Waals surface area contributed by atoms with Gasteiger partial charge >= 0.3 is 0 Å². The number of allylic oxidation sites excluding steroid dienone is 1. The second-order valence-corrected chi connectivity index (χ2v) is 11.0. The summed E-state index contributed by atoms with van der Waals surface area (Å²) in [5.41, 5.74) is 2.83. The van der Waals surface area contributed by atoms with Crippen LogP contribution in [0.3, 0.4) is 0 Å². The maximum absolute atomic E-state index is 11.5. The Balaban J connectivity index is 0.00000408. The van der Waals surface area contributed by atoms with Crippen molar-refractivity contribution in [3.8, 4) is 11.5 Å². The Morgan fingerprint density at radius 1 is 1.06 bits per heavy atom. The van der Waals surface area contributed by atoms with E-state index in [-0.39, 0.29) is 19.4 Å². The number of benzene rings is 2. The Kier molecular flexibility index (Phi) is 9.71. The normalized spacial score (nSPS) is 13.6. The van der Waals surface area contributed by atoms with Gasteiger partial charge < -0.3 is 9.47 Å². The van der Waals surface area contributed by atoms with Crippen LogP contribution < -0.4 is 14.2 Å². The van der Waals surface area contributed by atoms with E-state index in [1.54, 1.807) is 0 Å². The summed E-state index contributed by atoms with van der Waals surface area (Å²) >= 11 is 18.5. The monoisotopic (exact) mass is 546 g/mol. The molecule has 0 fully saturated rings. The minimum Gasteiger partial charge on any atom is -0.489 e. The van der Waals surface area contributed by atoms with Gasteiger partial charge in [-0.3, -0.25) is 9.71 Å². The van der Waals surface area contributed by atoms with Crippen LogP contribution in [0.5, 0.6) is 11.5 Å². The van der Waals surface area contributed by atoms with Crippen LogP contribution in [0.15, 0.2) is 52.7 Å². The summed E-state index contributed by atoms with van der Waals surface area (Å²) < 4.78 is 36.8. The standard InChI is InChI=1S/C23H25Cl3N2O4S.CH4/c1-23(2,17-10-19(25)22(20(26)11-17)31-9-8-24)16-4-6-18(7-5-16)32-14-15-12-27-13-21(15)28-33(3,29)30;/h4-7,10-11,13,28H,8-9,12,14H2,1-3H3;1H4. The third-order valence-corrected chi connectivity index (χ3v) is 6.52. The number of nitrogens with one attached hydrogen (secondary N) is 1. The molecule has 6 nitrogen and oxygen atoms in total. The molecule has 0 saturated carbocycles. The summed E-state index contributed by atoms with van der Waals surface area (Å²) in [5.74, 6) is 1.43. The third-order valence-electron chi connectivity index (χ3n) is 5.21. The molecule has 0 atom stereocenters. The first-order valence-corrected chi connectivity index (χ1v) is 13.3. The van der Waals surface area contributed by atoms with Gasteiger partial charge in [0.1, 0.15) is 19.0 Å². The molecule has 1 heterocycles. The maximum Gasteiger partial charge on any atom is 0.229 e. The summed E-state index contributed by atoms with van der Waals surface area (Å²) in [6.07, 6.45) is 2.61. The predicted molar refractivity (Wildman–Crippen MR) is 142 cm³/mol. The molecule has 1 aliphatic heterocycles. The van der Waals surface area contributed by atoms with Crippen LogP contribution in [0.2, 0.25) is 10.0 Å². The molecule has 0 aromatic heterocycles. The first kappa shape index (κ1) is 28.3. The Labute approximate surface area is 217 Å². The number of hydrogen-bond acceptors (Lipinski definition) is 5. The van der Waals surface area contributed by atoms with Gasteiger partial charge in [-0.25, -0.2) is 8.42 Å². The summed E-state index contributed by atoms with van der Waals surface area (Å²) in [7, 11) is -3.37. The molecule has 2 aromatic carbocycles. The Hall–Kier alpha value is -1.93. The molecule has 3 rings (SSSR count). The van der Waals surface area contributed by atoms with E-state index in [9.17, 15) is 8.42 Å². The number of rotatable bonds is 10. The molecule has 186 valence electrons. The van der Waals surface area contributed by atoms with Crippen LogP contribution in [0, 0.1) is 0 Å². The SMILES string of the molecule is C.CC(C)(c1ccc(OCC2=C(NS(C)(=O)=O)C=NC2)cc1)c1cc(Cl)c(OCCCl)c(Cl)c1. The molecule has 1 N–H and O–H groups in total. The first-order valence-electron chi connectivity index (χ1n) is 10.1. The molecule has 1 aliphatic rings. The van der Waals surface area contributed by atoms with Gasteiger partial charge in [-0.1, -0.05) is 56.6 Å². The maximum atomic E-state index is 11.5. The highest BCUT2D eigenvalue weighted by Crippen LogP contribution is 2.40. The zero-order chi connectivity index (χ0) is 24.2. The molecule has 34 heavy (non-hydrogen) atoms. The molecule has 0 amide bonds. The van der Waals surface area contributed by atoms with Crippen molar-refractivity contribution in [1.29, 1.82) is 0 Å². The van der Waals surface area contributed by atoms with Crippen molar-refractivity contribution in [1.82, 2.24) is 4.72 Å². The average Bonchev–Trinajstić information content (AvgIpc) is 3.17. The van der Waals surface area contributed by atoms with Crippen LogP contribution in [-0.2, 0) is 15.4 Å². The van der Waals surface area contributed by atoms with Crippen LogP contribution >= 0.6 is 34.8 Å². The highest BCUT2D eigenvalue weighted by molar-refractivity contribution is 7.88. The van der Waals surface area contributed by atoms with Gasteiger partial charge in [0.05, 0.1) is 34.4 Å². The van der Waals surface area contributed by atoms with Gasteiger partial charge in [0.25, 0.3) is 0 Å². The van der Waals surface area contributed by atoms with E-state index in [1.165, 1.54) is 6.21 Å². The topological polar surface area (TPSA) is 77.0 Å². The Morgan fingerprint density at radius 2 is 1.68 bits per heavy atom. The van der Waals surface area contributed by atoms with E-state index >= 15 is 0 Å². The molecule has 2 aromatic rings. The van der Waals surface area contributed by atoms with E-state index in [1.807, 2.05) is 36.4 Å². The zero-order valence-corrected chi connectivity index (χ0v) is 21.6. The van der Waals surface area contributed by atoms with Gasteiger partial charge in [0.15, 0.2) is 5.75 Å². The van der Waals surface area contributed by atoms with Crippen molar-refractivity contribution in [2.45, 2.75) is 26.7 Å². The number of alkyl halides is 1. The third kappa shape index (κ3) is 7.04. The van der Waals surface area contributed by atoms with Gasteiger partial charge in [0.2, 0.25) is 10.0 Å². The second kappa shape index (κ2) is 11.7. The molecular weight excluding hydrogens is 519 g/mol. The van der Waals surface area contributed by atoms with Gasteiger partial charge in [0, 0.05) is 17.2 Å². The summed E-state index contributed by atoms with van der Waals surface area (Å²) in [5, 5.41) is 0.863. The molecule has 0 saturated heterocycles. The molecular formula is C24H29Cl3N2O4S. The van der Waals surface area contributed by atoms with Crippen molar-refractivity contribution in [3.63, 3.8) is 0 Å². The van der Waals surface area contributed by atoms with Crippen LogP contribution in [0.1, 0.15) is 32.4 Å². The highest BCUT2D eigenvalue weighted by atomic mass is 35.5. The van der Waals surface area contributed by atoms with Crippen molar-refractivity contribution in [2.24, 2.45) is 4.99 Å². The minimum atomic E-state index is -3.37. The summed E-state index contributed by atoms with van der Waals surface area (Å²) in [4.78, 5) is 4.12. The van der Waals surface area contributed by atoms with E-state index in [2.05, 4.69) is 23.6 Å². The van der Waals surface area contributed by atoms with E-state index in [0.29, 0.717) is 46.3 Å². The van der Waals surface area contributed by atoms with Crippen LogP contribution in [-0.4, -0.2) is 46.5 Å². The lowest BCUT2D eigenvalue weighted by molar-refractivity contribution is 0.343. The number of sulfonamides is 1. The fourth-order valence-corrected chi connectivity index (χ4v) is 4.62. The quantitative estimate of drug-likeness (QED) is 0.379. The lowest BCUT2D eigenvalue weighted by Gasteiger charge is -2.27. The van der Waals surface area contributed by atoms with Gasteiger partial charge in [-0.15, -0.1) is 11.6 Å². The van der Waals surface area contributed by atoms with E-state index in [0.717, 1.165) is 23.0 Å². The lowest BCUT2D eigenvalue weighted by atomic mass is 9.78. The highest BCUT2D eigenvalue weighted by Gasteiger charge is 2.26. The number of aliphatic imine (C=N–C) groups is 1. The predicted octanol–water partition coefficient (Wildman–Crippen LogP) is 5.84. The molecule has 0 aliphatic carbocycles. The smallest absolute Gasteiger partial charge is 0.229 e. The number of hydrogen-bond donors (Lipinski definition) is 1. The number of ether oxygens (including phenoxy) is 2. The lowest BCUT2D eigenvalue weighted by Crippen LogP contribution is -2.23. The van der Waals surface area contributed by atoms with Crippen LogP contribution in [0.25, 0.3) is 0 Å². The number of nitrogens with zero attached hydrogens (tertiary/aromatic N) is 1. The minimum absolute atomic E-state index is 0. The zero-order valence-electron chi connectivity index (χ0n) is 18.5. The molecule has 0 bridgehead atoms. The molecule has 10 heteroatoms. The number of halogens is 3. The summed E-state index contributed by atoms with van der Waals surface area (Å²) in [6.45, 7) is 5.10.